The lowest BCUT2D eigenvalue weighted by Crippen LogP contribution is -2.63. The summed E-state index contributed by atoms with van der Waals surface area (Å²) in [6.07, 6.45) is 3.31. The molecule has 0 aromatic heterocycles. The van der Waals surface area contributed by atoms with E-state index in [-0.39, 0.29) is 32.2 Å². The summed E-state index contributed by atoms with van der Waals surface area (Å²) in [5.41, 5.74) is -0.812. The molecule has 2 fully saturated rings. The van der Waals surface area contributed by atoms with Crippen molar-refractivity contribution in [1.82, 2.24) is 0 Å². The van der Waals surface area contributed by atoms with Gasteiger partial charge in [0.15, 0.2) is 0 Å². The Balaban J connectivity index is 2.28. The average Bonchev–Trinajstić information content (AvgIpc) is 2.38. The first-order valence-corrected chi connectivity index (χ1v) is 10.4. The van der Waals surface area contributed by atoms with Crippen LogP contribution in [0.1, 0.15) is 60.3 Å². The second-order valence-corrected chi connectivity index (χ2v) is 11.0. The van der Waals surface area contributed by atoms with Crippen LogP contribution in [0.4, 0.5) is 0 Å². The summed E-state index contributed by atoms with van der Waals surface area (Å²) in [5.74, 6) is 0.0416. The smallest absolute Gasteiger partial charge is 0.303 e. The fraction of sp³-hybridized carbons (Fsp3) is 0.941. The van der Waals surface area contributed by atoms with E-state index < -0.39 is 5.60 Å². The summed E-state index contributed by atoms with van der Waals surface area (Å²) in [7, 11) is 0. The summed E-state index contributed by atoms with van der Waals surface area (Å²) in [6, 6.07) is 0. The van der Waals surface area contributed by atoms with Crippen LogP contribution in [0.2, 0.25) is 0 Å². The van der Waals surface area contributed by atoms with Crippen molar-refractivity contribution in [2.75, 3.05) is 0 Å². The molecule has 0 aromatic rings. The van der Waals surface area contributed by atoms with Gasteiger partial charge < -0.3 is 9.47 Å². The molecular weight excluding hydrogens is 447 g/mol. The molecule has 0 spiro atoms. The van der Waals surface area contributed by atoms with Gasteiger partial charge in [0.25, 0.3) is 0 Å². The lowest BCUT2D eigenvalue weighted by molar-refractivity contribution is -0.246. The van der Waals surface area contributed by atoms with Crippen LogP contribution in [-0.4, -0.2) is 37.8 Å². The Morgan fingerprint density at radius 1 is 1.17 bits per heavy atom. The Kier molecular flexibility index (Phi) is 5.89. The van der Waals surface area contributed by atoms with Gasteiger partial charge in [0.05, 0.1) is 10.5 Å². The van der Waals surface area contributed by atoms with Gasteiger partial charge in [0, 0.05) is 23.0 Å². The minimum absolute atomic E-state index is 0.147. The van der Waals surface area contributed by atoms with Crippen molar-refractivity contribution in [1.29, 1.82) is 0 Å². The third-order valence-corrected chi connectivity index (χ3v) is 9.12. The molecule has 1 aliphatic carbocycles. The van der Waals surface area contributed by atoms with Crippen molar-refractivity contribution >= 4 is 49.4 Å². The Morgan fingerprint density at radius 3 is 2.30 bits per heavy atom. The van der Waals surface area contributed by atoms with Crippen LogP contribution in [0.15, 0.2) is 0 Å². The van der Waals surface area contributed by atoms with E-state index in [2.05, 4.69) is 59.6 Å². The molecule has 1 saturated carbocycles. The van der Waals surface area contributed by atoms with E-state index in [1.807, 2.05) is 0 Å². The summed E-state index contributed by atoms with van der Waals surface area (Å²) in [6.45, 7) is 9.83. The highest BCUT2D eigenvalue weighted by atomic mass is 79.9. The molecule has 1 aliphatic heterocycles. The number of alkyl halides is 3. The van der Waals surface area contributed by atoms with Crippen molar-refractivity contribution in [2.24, 2.45) is 5.92 Å². The zero-order valence-corrected chi connectivity index (χ0v) is 18.4. The molecule has 1 heterocycles. The maximum atomic E-state index is 11.6. The van der Waals surface area contributed by atoms with Gasteiger partial charge in [-0.25, -0.2) is 0 Å². The van der Waals surface area contributed by atoms with E-state index in [4.69, 9.17) is 21.1 Å². The lowest BCUT2D eigenvalue weighted by atomic mass is 9.69. The van der Waals surface area contributed by atoms with Crippen LogP contribution in [0, 0.1) is 5.92 Å². The normalized spacial score (nSPS) is 47.1. The van der Waals surface area contributed by atoms with Gasteiger partial charge in [-0.1, -0.05) is 31.9 Å². The fourth-order valence-corrected chi connectivity index (χ4v) is 5.17. The molecule has 2 aliphatic rings. The highest BCUT2D eigenvalue weighted by Gasteiger charge is 2.56. The molecule has 23 heavy (non-hydrogen) atoms. The maximum absolute atomic E-state index is 11.6. The van der Waals surface area contributed by atoms with Crippen LogP contribution in [-0.2, 0) is 14.3 Å². The van der Waals surface area contributed by atoms with Gasteiger partial charge in [-0.05, 0) is 52.9 Å². The van der Waals surface area contributed by atoms with Crippen molar-refractivity contribution in [3.63, 3.8) is 0 Å². The van der Waals surface area contributed by atoms with E-state index in [1.54, 1.807) is 0 Å². The molecule has 0 bridgehead atoms. The second kappa shape index (κ2) is 6.77. The predicted molar refractivity (Wildman–Crippen MR) is 101 cm³/mol. The van der Waals surface area contributed by atoms with Gasteiger partial charge in [-0.15, -0.1) is 11.6 Å². The van der Waals surface area contributed by atoms with Gasteiger partial charge >= 0.3 is 5.97 Å². The van der Waals surface area contributed by atoms with Crippen molar-refractivity contribution in [2.45, 2.75) is 92.1 Å². The van der Waals surface area contributed by atoms with Crippen LogP contribution in [0.5, 0.6) is 0 Å². The summed E-state index contributed by atoms with van der Waals surface area (Å²) < 4.78 is 12.2. The topological polar surface area (TPSA) is 35.5 Å². The maximum Gasteiger partial charge on any atom is 0.303 e. The highest BCUT2D eigenvalue weighted by Crippen LogP contribution is 2.51. The summed E-state index contributed by atoms with van der Waals surface area (Å²) in [5, 5.41) is 0. The fourth-order valence-electron chi connectivity index (χ4n) is 3.86. The molecule has 0 amide bonds. The largest absolute Gasteiger partial charge is 0.459 e. The SMILES string of the molecule is CC(=O)O[C@H]1C[C@H](Br)C(C)(C)O[C@@]1(C)[C@@H]1CC[C@@](C)(Cl)[C@H](Br)C1. The van der Waals surface area contributed by atoms with Crippen molar-refractivity contribution in [3.8, 4) is 0 Å². The number of hydrogen-bond acceptors (Lipinski definition) is 3. The first-order chi connectivity index (χ1) is 10.4. The van der Waals surface area contributed by atoms with Gasteiger partial charge in [0.2, 0.25) is 0 Å². The van der Waals surface area contributed by atoms with Crippen LogP contribution >= 0.6 is 43.5 Å². The van der Waals surface area contributed by atoms with Crippen molar-refractivity contribution < 1.29 is 14.3 Å². The van der Waals surface area contributed by atoms with Gasteiger partial charge in [-0.2, -0.15) is 0 Å². The molecule has 0 unspecified atom stereocenters. The number of carbonyl (C=O) groups excluding carboxylic acids is 1. The van der Waals surface area contributed by atoms with Crippen LogP contribution < -0.4 is 0 Å². The van der Waals surface area contributed by atoms with E-state index in [0.29, 0.717) is 5.92 Å². The first-order valence-electron chi connectivity index (χ1n) is 8.23. The molecule has 134 valence electrons. The molecule has 2 rings (SSSR count). The number of esters is 1. The quantitative estimate of drug-likeness (QED) is 0.408. The summed E-state index contributed by atoms with van der Waals surface area (Å²) >= 11 is 14.0. The molecule has 6 atom stereocenters. The van der Waals surface area contributed by atoms with Crippen LogP contribution in [0.3, 0.4) is 0 Å². The zero-order chi connectivity index (χ0) is 17.6. The molecular formula is C17H27Br2ClO3. The molecule has 3 nitrogen and oxygen atoms in total. The molecule has 6 heteroatoms. The van der Waals surface area contributed by atoms with E-state index in [9.17, 15) is 4.79 Å². The summed E-state index contributed by atoms with van der Waals surface area (Å²) in [4.78, 5) is 11.7. The average molecular weight is 475 g/mol. The van der Waals surface area contributed by atoms with E-state index in [1.165, 1.54) is 6.92 Å². The second-order valence-electron chi connectivity index (χ2n) is 7.91. The molecule has 1 saturated heterocycles. The van der Waals surface area contributed by atoms with E-state index in [0.717, 1.165) is 25.7 Å². The van der Waals surface area contributed by atoms with Gasteiger partial charge in [-0.3, -0.25) is 4.79 Å². The number of hydrogen-bond donors (Lipinski definition) is 0. The van der Waals surface area contributed by atoms with Crippen LogP contribution in [0.25, 0.3) is 0 Å². The minimum Gasteiger partial charge on any atom is -0.459 e. The van der Waals surface area contributed by atoms with Gasteiger partial charge in [0.1, 0.15) is 11.7 Å². The highest BCUT2D eigenvalue weighted by molar-refractivity contribution is 9.09. The third-order valence-electron chi connectivity index (χ3n) is 5.54. The molecule has 0 N–H and O–H groups in total. The zero-order valence-electron chi connectivity index (χ0n) is 14.5. The number of halogens is 3. The Labute approximate surface area is 161 Å². The minimum atomic E-state index is -0.501. The molecule has 0 radical (unpaired) electrons. The lowest BCUT2D eigenvalue weighted by Gasteiger charge is -2.55. The Bertz CT molecular complexity index is 469. The number of ether oxygens (including phenoxy) is 2. The standard InChI is InChI=1S/C17H27Br2ClO3/c1-10(21)22-14-9-12(18)15(2,3)23-17(14,5)11-6-7-16(4,20)13(19)8-11/h11-14H,6-9H2,1-5H3/t11-,12+,13-,14+,16-,17+/m1/s1. The number of carbonyl (C=O) groups is 1. The number of rotatable bonds is 2. The van der Waals surface area contributed by atoms with Crippen molar-refractivity contribution in [3.05, 3.63) is 0 Å². The monoisotopic (exact) mass is 472 g/mol. The Morgan fingerprint density at radius 2 is 1.78 bits per heavy atom. The first kappa shape index (κ1) is 20.0. The molecule has 0 aromatic carbocycles. The Hall–Kier alpha value is 0.680. The van der Waals surface area contributed by atoms with E-state index >= 15 is 0 Å². The third kappa shape index (κ3) is 4.09. The predicted octanol–water partition coefficient (Wildman–Crippen LogP) is 5.20.